The molecule has 1 aliphatic heterocycles. The van der Waals surface area contributed by atoms with Crippen molar-refractivity contribution in [3.05, 3.63) is 0 Å². The van der Waals surface area contributed by atoms with Gasteiger partial charge in [-0.25, -0.2) is 0 Å². The predicted molar refractivity (Wildman–Crippen MR) is 64.4 cm³/mol. The van der Waals surface area contributed by atoms with Gasteiger partial charge in [0, 0.05) is 13.1 Å². The van der Waals surface area contributed by atoms with E-state index in [1.54, 1.807) is 0 Å². The van der Waals surface area contributed by atoms with E-state index in [-0.39, 0.29) is 5.91 Å². The van der Waals surface area contributed by atoms with Crippen LogP contribution in [0.2, 0.25) is 0 Å². The summed E-state index contributed by atoms with van der Waals surface area (Å²) in [4.78, 5) is 13.5. The van der Waals surface area contributed by atoms with Crippen molar-refractivity contribution in [2.45, 2.75) is 39.2 Å². The number of carbonyl (C=O) groups is 1. The van der Waals surface area contributed by atoms with E-state index in [1.807, 2.05) is 18.7 Å². The first-order valence-electron chi connectivity index (χ1n) is 6.38. The van der Waals surface area contributed by atoms with Gasteiger partial charge < -0.3 is 15.0 Å². The monoisotopic (exact) mass is 228 g/mol. The van der Waals surface area contributed by atoms with Gasteiger partial charge in [0.1, 0.15) is 0 Å². The van der Waals surface area contributed by atoms with Crippen LogP contribution in [-0.2, 0) is 9.53 Å². The standard InChI is InChI=1S/C12H24N2O2/c1-3-14(4-2)12(15)7-10-16-11-5-8-13-9-6-11/h11,13H,3-10H2,1-2H3. The van der Waals surface area contributed by atoms with Crippen LogP contribution in [0.25, 0.3) is 0 Å². The molecule has 94 valence electrons. The maximum atomic E-state index is 11.7. The Morgan fingerprint density at radius 2 is 1.94 bits per heavy atom. The molecule has 0 bridgehead atoms. The van der Waals surface area contributed by atoms with Crippen molar-refractivity contribution in [1.82, 2.24) is 10.2 Å². The van der Waals surface area contributed by atoms with Gasteiger partial charge >= 0.3 is 0 Å². The van der Waals surface area contributed by atoms with Crippen LogP contribution in [0, 0.1) is 0 Å². The molecule has 0 aromatic heterocycles. The van der Waals surface area contributed by atoms with Gasteiger partial charge in [-0.05, 0) is 39.8 Å². The maximum absolute atomic E-state index is 11.7. The van der Waals surface area contributed by atoms with E-state index >= 15 is 0 Å². The summed E-state index contributed by atoms with van der Waals surface area (Å²) in [6.07, 6.45) is 3.01. The molecule has 1 fully saturated rings. The van der Waals surface area contributed by atoms with E-state index in [9.17, 15) is 4.79 Å². The predicted octanol–water partition coefficient (Wildman–Crippen LogP) is 1.01. The molecule has 0 aromatic carbocycles. The molecule has 1 rings (SSSR count). The topological polar surface area (TPSA) is 41.6 Å². The van der Waals surface area contributed by atoms with E-state index in [4.69, 9.17) is 4.74 Å². The third kappa shape index (κ3) is 4.49. The Hall–Kier alpha value is -0.610. The average molecular weight is 228 g/mol. The maximum Gasteiger partial charge on any atom is 0.224 e. The van der Waals surface area contributed by atoms with Gasteiger partial charge in [-0.15, -0.1) is 0 Å². The summed E-state index contributed by atoms with van der Waals surface area (Å²) >= 11 is 0. The van der Waals surface area contributed by atoms with Crippen LogP contribution in [0.3, 0.4) is 0 Å². The molecule has 0 aromatic rings. The van der Waals surface area contributed by atoms with Crippen molar-refractivity contribution in [2.24, 2.45) is 0 Å². The molecular weight excluding hydrogens is 204 g/mol. The number of nitrogens with zero attached hydrogens (tertiary/aromatic N) is 1. The number of rotatable bonds is 6. The van der Waals surface area contributed by atoms with Gasteiger partial charge in [-0.3, -0.25) is 4.79 Å². The minimum absolute atomic E-state index is 0.207. The highest BCUT2D eigenvalue weighted by atomic mass is 16.5. The molecule has 4 heteroatoms. The summed E-state index contributed by atoms with van der Waals surface area (Å²) in [6.45, 7) is 8.25. The molecule has 4 nitrogen and oxygen atoms in total. The second kappa shape index (κ2) is 7.63. The van der Waals surface area contributed by atoms with Crippen molar-refractivity contribution in [1.29, 1.82) is 0 Å². The summed E-state index contributed by atoms with van der Waals surface area (Å²) in [7, 11) is 0. The highest BCUT2D eigenvalue weighted by Crippen LogP contribution is 2.07. The number of nitrogens with one attached hydrogen (secondary N) is 1. The second-order valence-electron chi connectivity index (χ2n) is 4.14. The number of amides is 1. The lowest BCUT2D eigenvalue weighted by Gasteiger charge is -2.24. The highest BCUT2D eigenvalue weighted by molar-refractivity contribution is 5.76. The third-order valence-electron chi connectivity index (χ3n) is 3.07. The Kier molecular flexibility index (Phi) is 6.42. The molecule has 1 saturated heterocycles. The first-order valence-corrected chi connectivity index (χ1v) is 6.38. The first-order chi connectivity index (χ1) is 7.77. The largest absolute Gasteiger partial charge is 0.378 e. The first kappa shape index (κ1) is 13.5. The molecule has 1 heterocycles. The van der Waals surface area contributed by atoms with Crippen LogP contribution in [-0.4, -0.2) is 49.7 Å². The SMILES string of the molecule is CCN(CC)C(=O)CCOC1CCNCC1. The molecule has 1 aliphatic rings. The van der Waals surface area contributed by atoms with Crippen molar-refractivity contribution in [2.75, 3.05) is 32.8 Å². The van der Waals surface area contributed by atoms with Crippen molar-refractivity contribution >= 4 is 5.91 Å². The minimum Gasteiger partial charge on any atom is -0.378 e. The number of piperidine rings is 1. The number of ether oxygens (including phenoxy) is 1. The summed E-state index contributed by atoms with van der Waals surface area (Å²) in [5, 5.41) is 3.30. The highest BCUT2D eigenvalue weighted by Gasteiger charge is 2.14. The third-order valence-corrected chi connectivity index (χ3v) is 3.07. The van der Waals surface area contributed by atoms with Crippen LogP contribution in [0.1, 0.15) is 33.1 Å². The lowest BCUT2D eigenvalue weighted by atomic mass is 10.1. The fourth-order valence-corrected chi connectivity index (χ4v) is 2.01. The zero-order valence-corrected chi connectivity index (χ0v) is 10.5. The van der Waals surface area contributed by atoms with Crippen molar-refractivity contribution < 1.29 is 9.53 Å². The smallest absolute Gasteiger partial charge is 0.224 e. The Bertz CT molecular complexity index is 199. The zero-order valence-electron chi connectivity index (χ0n) is 10.5. The van der Waals surface area contributed by atoms with Crippen LogP contribution in [0.4, 0.5) is 0 Å². The molecule has 1 amide bonds. The number of hydrogen-bond donors (Lipinski definition) is 1. The Balaban J connectivity index is 2.11. The van der Waals surface area contributed by atoms with Gasteiger partial charge in [0.25, 0.3) is 0 Å². The molecule has 0 radical (unpaired) electrons. The van der Waals surface area contributed by atoms with Crippen molar-refractivity contribution in [3.8, 4) is 0 Å². The molecule has 0 unspecified atom stereocenters. The number of hydrogen-bond acceptors (Lipinski definition) is 3. The Morgan fingerprint density at radius 1 is 1.31 bits per heavy atom. The summed E-state index contributed by atoms with van der Waals surface area (Å²) in [5.74, 6) is 0.207. The average Bonchev–Trinajstić information content (AvgIpc) is 2.32. The minimum atomic E-state index is 0.207. The molecule has 1 N–H and O–H groups in total. The van der Waals surface area contributed by atoms with Crippen LogP contribution in [0.15, 0.2) is 0 Å². The quantitative estimate of drug-likeness (QED) is 0.738. The van der Waals surface area contributed by atoms with Crippen LogP contribution >= 0.6 is 0 Å². The zero-order chi connectivity index (χ0) is 11.8. The Morgan fingerprint density at radius 3 is 2.50 bits per heavy atom. The molecule has 0 spiro atoms. The van der Waals surface area contributed by atoms with Gasteiger partial charge in [0.2, 0.25) is 5.91 Å². The second-order valence-corrected chi connectivity index (χ2v) is 4.14. The van der Waals surface area contributed by atoms with Gasteiger partial charge in [-0.1, -0.05) is 0 Å². The summed E-state index contributed by atoms with van der Waals surface area (Å²) in [5.41, 5.74) is 0. The number of carbonyl (C=O) groups excluding carboxylic acids is 1. The van der Waals surface area contributed by atoms with Gasteiger partial charge in [0.05, 0.1) is 19.1 Å². The van der Waals surface area contributed by atoms with Crippen molar-refractivity contribution in [3.63, 3.8) is 0 Å². The fraction of sp³-hybridized carbons (Fsp3) is 0.917. The molecule has 0 atom stereocenters. The fourth-order valence-electron chi connectivity index (χ4n) is 2.01. The molecule has 16 heavy (non-hydrogen) atoms. The summed E-state index contributed by atoms with van der Waals surface area (Å²) < 4.78 is 5.71. The molecule has 0 aliphatic carbocycles. The molecule has 0 saturated carbocycles. The van der Waals surface area contributed by atoms with Gasteiger partial charge in [-0.2, -0.15) is 0 Å². The Labute approximate surface area is 98.3 Å². The lowest BCUT2D eigenvalue weighted by molar-refractivity contribution is -0.132. The van der Waals surface area contributed by atoms with E-state index in [0.29, 0.717) is 19.1 Å². The lowest BCUT2D eigenvalue weighted by Crippen LogP contribution is -2.34. The van der Waals surface area contributed by atoms with E-state index < -0.39 is 0 Å². The van der Waals surface area contributed by atoms with E-state index in [0.717, 1.165) is 39.0 Å². The summed E-state index contributed by atoms with van der Waals surface area (Å²) in [6, 6.07) is 0. The van der Waals surface area contributed by atoms with Gasteiger partial charge in [0.15, 0.2) is 0 Å². The normalized spacial score (nSPS) is 17.4. The van der Waals surface area contributed by atoms with E-state index in [2.05, 4.69) is 5.32 Å². The van der Waals surface area contributed by atoms with Crippen LogP contribution < -0.4 is 5.32 Å². The van der Waals surface area contributed by atoms with Crippen LogP contribution in [0.5, 0.6) is 0 Å². The van der Waals surface area contributed by atoms with E-state index in [1.165, 1.54) is 0 Å². The molecular formula is C12H24N2O2.